The topological polar surface area (TPSA) is 26.3 Å². The Labute approximate surface area is 119 Å². The molecule has 0 spiro atoms. The standard InChI is InChI=1S/C16H25O2S/c1-11-8-13(19(6)7)9-12(2)15(11)18-14(17)10-16(3,4)5/h8-9H,10H2,1-7H3/q+1. The maximum absolute atomic E-state index is 11.9. The Morgan fingerprint density at radius 2 is 1.63 bits per heavy atom. The van der Waals surface area contributed by atoms with Gasteiger partial charge in [0.1, 0.15) is 18.3 Å². The van der Waals surface area contributed by atoms with Gasteiger partial charge in [-0.1, -0.05) is 20.8 Å². The molecule has 0 heterocycles. The predicted molar refractivity (Wildman–Crippen MR) is 83.1 cm³/mol. The van der Waals surface area contributed by atoms with Gasteiger partial charge in [0.15, 0.2) is 4.90 Å². The van der Waals surface area contributed by atoms with Crippen LogP contribution in [0.1, 0.15) is 38.3 Å². The molecule has 1 aromatic rings. The summed E-state index contributed by atoms with van der Waals surface area (Å²) in [6.07, 6.45) is 4.82. The SMILES string of the molecule is Cc1cc([S+](C)C)cc(C)c1OC(=O)CC(C)(C)C. The number of hydrogen-bond donors (Lipinski definition) is 0. The van der Waals surface area contributed by atoms with Gasteiger partial charge in [0.25, 0.3) is 0 Å². The molecule has 0 unspecified atom stereocenters. The molecule has 0 aliphatic carbocycles. The van der Waals surface area contributed by atoms with E-state index in [-0.39, 0.29) is 22.3 Å². The van der Waals surface area contributed by atoms with Gasteiger partial charge >= 0.3 is 5.97 Å². The van der Waals surface area contributed by atoms with Crippen LogP contribution < -0.4 is 4.74 Å². The van der Waals surface area contributed by atoms with Crippen molar-refractivity contribution in [3.63, 3.8) is 0 Å². The molecule has 1 rings (SSSR count). The maximum Gasteiger partial charge on any atom is 0.311 e. The second-order valence-corrected chi connectivity index (χ2v) is 8.52. The first-order chi connectivity index (χ1) is 8.60. The van der Waals surface area contributed by atoms with Crippen LogP contribution in [0.5, 0.6) is 5.75 Å². The molecule has 1 aromatic carbocycles. The number of carbonyl (C=O) groups is 1. The molecule has 0 fully saturated rings. The number of esters is 1. The summed E-state index contributed by atoms with van der Waals surface area (Å²) in [6.45, 7) is 10.1. The smallest absolute Gasteiger partial charge is 0.311 e. The lowest BCUT2D eigenvalue weighted by molar-refractivity contribution is -0.136. The molecule has 0 radical (unpaired) electrons. The minimum Gasteiger partial charge on any atom is -0.426 e. The van der Waals surface area contributed by atoms with Crippen molar-refractivity contribution in [2.24, 2.45) is 5.41 Å². The molecular formula is C16H25O2S+. The highest BCUT2D eigenvalue weighted by Crippen LogP contribution is 2.28. The summed E-state index contributed by atoms with van der Waals surface area (Å²) in [5.41, 5.74) is 2.04. The van der Waals surface area contributed by atoms with Crippen molar-refractivity contribution in [1.29, 1.82) is 0 Å². The molecule has 0 bridgehead atoms. The molecule has 106 valence electrons. The second-order valence-electron chi connectivity index (χ2n) is 6.41. The highest BCUT2D eigenvalue weighted by Gasteiger charge is 2.20. The fourth-order valence-electron chi connectivity index (χ4n) is 1.89. The third kappa shape index (κ3) is 4.90. The van der Waals surface area contributed by atoms with Crippen molar-refractivity contribution in [2.45, 2.75) is 45.9 Å². The Kier molecular flexibility index (Phi) is 5.08. The molecule has 0 aliphatic heterocycles. The number of hydrogen-bond acceptors (Lipinski definition) is 2. The van der Waals surface area contributed by atoms with E-state index in [2.05, 4.69) is 24.6 Å². The van der Waals surface area contributed by atoms with Gasteiger partial charge in [0, 0.05) is 10.9 Å². The fraction of sp³-hybridized carbons (Fsp3) is 0.562. The van der Waals surface area contributed by atoms with Gasteiger partial charge < -0.3 is 4.74 Å². The molecule has 0 N–H and O–H groups in total. The van der Waals surface area contributed by atoms with E-state index in [1.165, 1.54) is 4.90 Å². The van der Waals surface area contributed by atoms with Crippen LogP contribution in [0.15, 0.2) is 17.0 Å². The van der Waals surface area contributed by atoms with Crippen LogP contribution in [0.4, 0.5) is 0 Å². The predicted octanol–water partition coefficient (Wildman–Crippen LogP) is 3.88. The van der Waals surface area contributed by atoms with Crippen molar-refractivity contribution >= 4 is 16.9 Å². The maximum atomic E-state index is 11.9. The van der Waals surface area contributed by atoms with E-state index in [0.29, 0.717) is 6.42 Å². The molecule has 0 atom stereocenters. The van der Waals surface area contributed by atoms with Gasteiger partial charge in [-0.2, -0.15) is 0 Å². The second kappa shape index (κ2) is 6.00. The summed E-state index contributed by atoms with van der Waals surface area (Å²) in [7, 11) is 0.223. The first kappa shape index (κ1) is 16.1. The molecule has 0 saturated heterocycles. The number of benzene rings is 1. The Bertz CT molecular complexity index is 447. The first-order valence-electron chi connectivity index (χ1n) is 6.49. The summed E-state index contributed by atoms with van der Waals surface area (Å²) < 4.78 is 5.55. The van der Waals surface area contributed by atoms with Crippen LogP contribution in [-0.4, -0.2) is 18.5 Å². The van der Waals surface area contributed by atoms with Crippen LogP contribution in [0, 0.1) is 19.3 Å². The minimum atomic E-state index is -0.154. The van der Waals surface area contributed by atoms with Crippen molar-refractivity contribution < 1.29 is 9.53 Å². The first-order valence-corrected chi connectivity index (χ1v) is 8.54. The minimum absolute atomic E-state index is 0.0435. The average Bonchev–Trinajstić information content (AvgIpc) is 2.20. The summed E-state index contributed by atoms with van der Waals surface area (Å²) >= 11 is 0. The summed E-state index contributed by atoms with van der Waals surface area (Å²) in [5, 5.41) is 0. The molecule has 3 heteroatoms. The van der Waals surface area contributed by atoms with E-state index in [0.717, 1.165) is 16.9 Å². The Hall–Kier alpha value is -0.960. The zero-order chi connectivity index (χ0) is 14.8. The normalized spacial score (nSPS) is 11.8. The van der Waals surface area contributed by atoms with Crippen LogP contribution in [-0.2, 0) is 15.7 Å². The summed E-state index contributed by atoms with van der Waals surface area (Å²) in [5.74, 6) is 0.571. The molecule has 19 heavy (non-hydrogen) atoms. The van der Waals surface area contributed by atoms with Gasteiger partial charge in [0.2, 0.25) is 0 Å². The van der Waals surface area contributed by atoms with Gasteiger partial charge in [0.05, 0.1) is 6.42 Å². The summed E-state index contributed by atoms with van der Waals surface area (Å²) in [4.78, 5) is 13.2. The Morgan fingerprint density at radius 1 is 1.16 bits per heavy atom. The lowest BCUT2D eigenvalue weighted by Gasteiger charge is -2.18. The lowest BCUT2D eigenvalue weighted by Crippen LogP contribution is -2.18. The molecule has 0 aliphatic rings. The van der Waals surface area contributed by atoms with E-state index in [1.54, 1.807) is 0 Å². The van der Waals surface area contributed by atoms with Crippen molar-refractivity contribution in [1.82, 2.24) is 0 Å². The van der Waals surface area contributed by atoms with Crippen molar-refractivity contribution in [2.75, 3.05) is 12.5 Å². The highest BCUT2D eigenvalue weighted by molar-refractivity contribution is 7.95. The lowest BCUT2D eigenvalue weighted by atomic mass is 9.92. The largest absolute Gasteiger partial charge is 0.426 e. The molecule has 0 amide bonds. The van der Waals surface area contributed by atoms with Gasteiger partial charge in [-0.25, -0.2) is 0 Å². The van der Waals surface area contributed by atoms with Crippen molar-refractivity contribution in [3.05, 3.63) is 23.3 Å². The third-order valence-electron chi connectivity index (χ3n) is 2.80. The van der Waals surface area contributed by atoms with Gasteiger partial charge in [-0.15, -0.1) is 0 Å². The van der Waals surface area contributed by atoms with Gasteiger partial charge in [-0.3, -0.25) is 4.79 Å². The van der Waals surface area contributed by atoms with Crippen LogP contribution >= 0.6 is 0 Å². The zero-order valence-corrected chi connectivity index (χ0v) is 13.9. The highest BCUT2D eigenvalue weighted by atomic mass is 32.2. The van der Waals surface area contributed by atoms with E-state index < -0.39 is 0 Å². The van der Waals surface area contributed by atoms with Crippen LogP contribution in [0.25, 0.3) is 0 Å². The number of rotatable bonds is 3. The zero-order valence-electron chi connectivity index (χ0n) is 13.1. The van der Waals surface area contributed by atoms with E-state index >= 15 is 0 Å². The monoisotopic (exact) mass is 281 g/mol. The summed E-state index contributed by atoms with van der Waals surface area (Å²) in [6, 6.07) is 4.24. The third-order valence-corrected chi connectivity index (χ3v) is 3.97. The average molecular weight is 281 g/mol. The van der Waals surface area contributed by atoms with E-state index in [4.69, 9.17) is 4.74 Å². The van der Waals surface area contributed by atoms with E-state index in [1.807, 2.05) is 34.6 Å². The quantitative estimate of drug-likeness (QED) is 0.477. The Morgan fingerprint density at radius 3 is 2.00 bits per heavy atom. The van der Waals surface area contributed by atoms with Crippen LogP contribution in [0.3, 0.4) is 0 Å². The Balaban J connectivity index is 2.94. The fourth-order valence-corrected chi connectivity index (χ4v) is 2.72. The molecule has 0 saturated carbocycles. The molecule has 2 nitrogen and oxygen atoms in total. The van der Waals surface area contributed by atoms with Crippen LogP contribution in [0.2, 0.25) is 0 Å². The number of aryl methyl sites for hydroxylation is 2. The number of carbonyl (C=O) groups excluding carboxylic acids is 1. The van der Waals surface area contributed by atoms with Crippen molar-refractivity contribution in [3.8, 4) is 5.75 Å². The van der Waals surface area contributed by atoms with Gasteiger partial charge in [-0.05, 0) is 42.5 Å². The molecule has 0 aromatic heterocycles. The molecular weight excluding hydrogens is 256 g/mol. The van der Waals surface area contributed by atoms with E-state index in [9.17, 15) is 4.79 Å². The number of ether oxygens (including phenoxy) is 1.